The van der Waals surface area contributed by atoms with Crippen LogP contribution in [0.25, 0.3) is 0 Å². The molecule has 0 saturated heterocycles. The Bertz CT molecular complexity index is 512. The van der Waals surface area contributed by atoms with Crippen molar-refractivity contribution in [2.45, 2.75) is 0 Å². The lowest BCUT2D eigenvalue weighted by Crippen LogP contribution is -2.16. The van der Waals surface area contributed by atoms with Crippen LogP contribution >= 0.6 is 0 Å². The van der Waals surface area contributed by atoms with Gasteiger partial charge >= 0.3 is 11.9 Å². The maximum absolute atomic E-state index is 11.2. The van der Waals surface area contributed by atoms with Gasteiger partial charge in [-0.25, -0.2) is 9.59 Å². The van der Waals surface area contributed by atoms with Crippen molar-refractivity contribution >= 4 is 23.3 Å². The molecule has 0 fully saturated rings. The number of carboxylic acid groups (broad SMARTS) is 1. The van der Waals surface area contributed by atoms with E-state index in [9.17, 15) is 19.7 Å². The van der Waals surface area contributed by atoms with Crippen LogP contribution in [0.5, 0.6) is 0 Å². The van der Waals surface area contributed by atoms with Crippen LogP contribution in [0.15, 0.2) is 12.1 Å². The molecule has 5 N–H and O–H groups in total. The van der Waals surface area contributed by atoms with E-state index < -0.39 is 33.7 Å². The first-order valence-electron chi connectivity index (χ1n) is 4.10. The number of nitro benzene ring substituents is 1. The molecule has 9 heteroatoms. The summed E-state index contributed by atoms with van der Waals surface area (Å²) in [6.07, 6.45) is 0. The van der Waals surface area contributed by atoms with Crippen molar-refractivity contribution in [1.82, 2.24) is 0 Å². The third-order valence-corrected chi connectivity index (χ3v) is 1.92. The highest BCUT2D eigenvalue weighted by Gasteiger charge is 2.24. The molecule has 0 saturated carbocycles. The predicted octanol–water partition coefficient (Wildman–Crippen LogP) is -0.0943. The van der Waals surface area contributed by atoms with Crippen LogP contribution in [0, 0.1) is 10.1 Å². The van der Waals surface area contributed by atoms with Crippen LogP contribution in [-0.4, -0.2) is 22.0 Å². The minimum Gasteiger partial charge on any atom is -0.478 e. The lowest BCUT2D eigenvalue weighted by Gasteiger charge is -2.05. The van der Waals surface area contributed by atoms with E-state index in [2.05, 4.69) is 10.7 Å². The van der Waals surface area contributed by atoms with Gasteiger partial charge in [0, 0.05) is 6.07 Å². The van der Waals surface area contributed by atoms with Crippen LogP contribution in [0.4, 0.5) is 11.4 Å². The minimum atomic E-state index is -1.48. The van der Waals surface area contributed by atoms with Crippen LogP contribution < -0.4 is 11.6 Å². The molecule has 1 aromatic carbocycles. The number of rotatable bonds is 3. The predicted molar refractivity (Wildman–Crippen MR) is 54.1 cm³/mol. The SMILES string of the molecule is NOC(=O)c1cc([N+](=O)[O-])c(N)cc1C(=O)O. The zero-order valence-electron chi connectivity index (χ0n) is 8.25. The van der Waals surface area contributed by atoms with E-state index in [1.165, 1.54) is 0 Å². The monoisotopic (exact) mass is 241 g/mol. The number of anilines is 1. The molecule has 17 heavy (non-hydrogen) atoms. The average molecular weight is 241 g/mol. The highest BCUT2D eigenvalue weighted by molar-refractivity contribution is 6.04. The van der Waals surface area contributed by atoms with Crippen molar-refractivity contribution in [2.24, 2.45) is 5.90 Å². The molecule has 0 aliphatic rings. The number of benzene rings is 1. The van der Waals surface area contributed by atoms with Gasteiger partial charge in [-0.15, -0.1) is 0 Å². The van der Waals surface area contributed by atoms with Crippen molar-refractivity contribution in [3.05, 3.63) is 33.4 Å². The molecule has 0 spiro atoms. The Morgan fingerprint density at radius 3 is 2.35 bits per heavy atom. The highest BCUT2D eigenvalue weighted by atomic mass is 16.7. The molecule has 1 aromatic rings. The molecular formula is C8H7N3O6. The molecule has 0 unspecified atom stereocenters. The number of carboxylic acids is 1. The summed E-state index contributed by atoms with van der Waals surface area (Å²) in [5, 5.41) is 19.4. The summed E-state index contributed by atoms with van der Waals surface area (Å²) < 4.78 is 0. The smallest absolute Gasteiger partial charge is 0.357 e. The number of hydrogen-bond acceptors (Lipinski definition) is 7. The zero-order chi connectivity index (χ0) is 13.2. The Morgan fingerprint density at radius 1 is 1.35 bits per heavy atom. The first-order valence-corrected chi connectivity index (χ1v) is 4.10. The number of nitrogens with zero attached hydrogens (tertiary/aromatic N) is 1. The van der Waals surface area contributed by atoms with Crippen molar-refractivity contribution in [2.75, 3.05) is 5.73 Å². The number of hydrogen-bond donors (Lipinski definition) is 3. The number of carbonyl (C=O) groups excluding carboxylic acids is 1. The molecule has 90 valence electrons. The summed E-state index contributed by atoms with van der Waals surface area (Å²) in [7, 11) is 0. The summed E-state index contributed by atoms with van der Waals surface area (Å²) in [4.78, 5) is 35.5. The van der Waals surface area contributed by atoms with Crippen molar-refractivity contribution in [3.8, 4) is 0 Å². The first kappa shape index (κ1) is 12.4. The quantitative estimate of drug-likeness (QED) is 0.376. The van der Waals surface area contributed by atoms with E-state index in [0.29, 0.717) is 6.07 Å². The molecule has 0 aromatic heterocycles. The first-order chi connectivity index (χ1) is 7.88. The van der Waals surface area contributed by atoms with E-state index >= 15 is 0 Å². The topological polar surface area (TPSA) is 159 Å². The van der Waals surface area contributed by atoms with Crippen LogP contribution in [0.1, 0.15) is 20.7 Å². The molecule has 0 bridgehead atoms. The van der Waals surface area contributed by atoms with Crippen LogP contribution in [-0.2, 0) is 4.84 Å². The van der Waals surface area contributed by atoms with E-state index in [4.69, 9.17) is 10.8 Å². The van der Waals surface area contributed by atoms with E-state index in [1.54, 1.807) is 0 Å². The highest BCUT2D eigenvalue weighted by Crippen LogP contribution is 2.26. The summed E-state index contributed by atoms with van der Waals surface area (Å²) in [6, 6.07) is 1.50. The molecule has 0 aliphatic carbocycles. The van der Waals surface area contributed by atoms with Crippen LogP contribution in [0.3, 0.4) is 0 Å². The number of nitro groups is 1. The Kier molecular flexibility index (Phi) is 3.24. The number of nitrogen functional groups attached to an aromatic ring is 1. The van der Waals surface area contributed by atoms with Gasteiger partial charge in [-0.3, -0.25) is 10.1 Å². The Balaban J connectivity index is 3.53. The average Bonchev–Trinajstić information content (AvgIpc) is 2.26. The molecule has 0 amide bonds. The lowest BCUT2D eigenvalue weighted by molar-refractivity contribution is -0.383. The van der Waals surface area contributed by atoms with Gasteiger partial charge in [0.25, 0.3) is 5.69 Å². The molecular weight excluding hydrogens is 234 g/mol. The summed E-state index contributed by atoms with van der Waals surface area (Å²) in [5.41, 5.74) is 3.24. The third-order valence-electron chi connectivity index (χ3n) is 1.92. The molecule has 9 nitrogen and oxygen atoms in total. The fraction of sp³-hybridized carbons (Fsp3) is 0. The Hall–Kier alpha value is -2.68. The molecule has 1 rings (SSSR count). The normalized spacial score (nSPS) is 9.71. The van der Waals surface area contributed by atoms with E-state index in [0.717, 1.165) is 6.07 Å². The van der Waals surface area contributed by atoms with Gasteiger partial charge in [0.15, 0.2) is 0 Å². The van der Waals surface area contributed by atoms with Gasteiger partial charge in [-0.1, -0.05) is 0 Å². The Morgan fingerprint density at radius 2 is 1.94 bits per heavy atom. The van der Waals surface area contributed by atoms with Gasteiger partial charge in [0.1, 0.15) is 5.69 Å². The van der Waals surface area contributed by atoms with Gasteiger partial charge in [-0.2, -0.15) is 5.90 Å². The fourth-order valence-electron chi connectivity index (χ4n) is 1.17. The lowest BCUT2D eigenvalue weighted by atomic mass is 10.1. The largest absolute Gasteiger partial charge is 0.478 e. The third kappa shape index (κ3) is 2.29. The maximum atomic E-state index is 11.2. The molecule has 0 aliphatic heterocycles. The van der Waals surface area contributed by atoms with Crippen molar-refractivity contribution in [1.29, 1.82) is 0 Å². The van der Waals surface area contributed by atoms with Gasteiger partial charge in [0.2, 0.25) is 0 Å². The second-order valence-electron chi connectivity index (χ2n) is 2.92. The van der Waals surface area contributed by atoms with Gasteiger partial charge in [0.05, 0.1) is 16.1 Å². The zero-order valence-corrected chi connectivity index (χ0v) is 8.25. The second kappa shape index (κ2) is 4.45. The fourth-order valence-corrected chi connectivity index (χ4v) is 1.17. The second-order valence-corrected chi connectivity index (χ2v) is 2.92. The van der Waals surface area contributed by atoms with E-state index in [-0.39, 0.29) is 5.69 Å². The van der Waals surface area contributed by atoms with Crippen LogP contribution in [0.2, 0.25) is 0 Å². The van der Waals surface area contributed by atoms with Gasteiger partial charge in [-0.05, 0) is 6.07 Å². The summed E-state index contributed by atoms with van der Waals surface area (Å²) >= 11 is 0. The number of nitrogens with two attached hydrogens (primary N) is 2. The van der Waals surface area contributed by atoms with Crippen molar-refractivity contribution in [3.63, 3.8) is 0 Å². The molecule has 0 heterocycles. The Labute approximate surface area is 93.7 Å². The van der Waals surface area contributed by atoms with Crippen molar-refractivity contribution < 1.29 is 24.5 Å². The maximum Gasteiger partial charge on any atom is 0.357 e. The molecule has 0 radical (unpaired) electrons. The minimum absolute atomic E-state index is 0.374. The standard InChI is InChI=1S/C8H7N3O6/c9-5-1-3(7(12)13)4(8(14)17-10)2-6(5)11(15)16/h1-2H,9-10H2,(H,12,13). The number of aromatic carboxylic acids is 1. The molecule has 0 atom stereocenters. The number of carbonyl (C=O) groups is 2. The van der Waals surface area contributed by atoms with E-state index in [1.807, 2.05) is 0 Å². The van der Waals surface area contributed by atoms with Gasteiger partial charge < -0.3 is 15.7 Å². The summed E-state index contributed by atoms with van der Waals surface area (Å²) in [6.45, 7) is 0. The summed E-state index contributed by atoms with van der Waals surface area (Å²) in [5.74, 6) is 1.91.